The molecule has 0 amide bonds. The molecular weight excluding hydrogens is 302 g/mol. The van der Waals surface area contributed by atoms with Gasteiger partial charge < -0.3 is 25.2 Å². The summed E-state index contributed by atoms with van der Waals surface area (Å²) in [5.41, 5.74) is 0. The highest BCUT2D eigenvalue weighted by molar-refractivity contribution is 5.79. The van der Waals surface area contributed by atoms with E-state index < -0.39 is 0 Å². The van der Waals surface area contributed by atoms with Gasteiger partial charge in [-0.3, -0.25) is 4.99 Å². The number of aliphatic imine (C=N–C) groups is 1. The van der Waals surface area contributed by atoms with Crippen LogP contribution >= 0.6 is 0 Å². The van der Waals surface area contributed by atoms with Gasteiger partial charge in [0.2, 0.25) is 0 Å². The third kappa shape index (κ3) is 8.85. The minimum Gasteiger partial charge on any atom is -0.378 e. The Morgan fingerprint density at radius 3 is 2.54 bits per heavy atom. The molecular formula is C18H39N5O. The van der Waals surface area contributed by atoms with Crippen LogP contribution in [0.4, 0.5) is 0 Å². The molecule has 0 aromatic carbocycles. The molecule has 0 saturated carbocycles. The van der Waals surface area contributed by atoms with Crippen molar-refractivity contribution in [2.24, 2.45) is 10.9 Å². The second kappa shape index (κ2) is 12.5. The maximum Gasteiger partial charge on any atom is 0.191 e. The summed E-state index contributed by atoms with van der Waals surface area (Å²) in [7, 11) is 4.04. The largest absolute Gasteiger partial charge is 0.378 e. The Labute approximate surface area is 149 Å². The molecule has 0 aromatic heterocycles. The summed E-state index contributed by atoms with van der Waals surface area (Å²) in [5.74, 6) is 1.43. The molecule has 1 atom stereocenters. The third-order valence-electron chi connectivity index (χ3n) is 4.60. The SMILES string of the molecule is CCOC(CCNC(=NC)NCCN1CCCN(C)CC1)C(C)C. The maximum atomic E-state index is 5.79. The first-order chi connectivity index (χ1) is 11.6. The average Bonchev–Trinajstić information content (AvgIpc) is 2.76. The molecule has 0 aromatic rings. The number of hydrogen-bond acceptors (Lipinski definition) is 4. The van der Waals surface area contributed by atoms with Gasteiger partial charge in [0.25, 0.3) is 0 Å². The molecule has 0 radical (unpaired) electrons. The highest BCUT2D eigenvalue weighted by atomic mass is 16.5. The molecule has 24 heavy (non-hydrogen) atoms. The third-order valence-corrected chi connectivity index (χ3v) is 4.60. The zero-order chi connectivity index (χ0) is 17.8. The predicted octanol–water partition coefficient (Wildman–Crippen LogP) is 1.24. The topological polar surface area (TPSA) is 52.1 Å². The lowest BCUT2D eigenvalue weighted by molar-refractivity contribution is 0.0258. The molecule has 1 aliphatic heterocycles. The summed E-state index contributed by atoms with van der Waals surface area (Å²) in [5, 5.41) is 6.83. The van der Waals surface area contributed by atoms with Crippen molar-refractivity contribution in [3.8, 4) is 0 Å². The van der Waals surface area contributed by atoms with Gasteiger partial charge in [-0.2, -0.15) is 0 Å². The molecule has 6 heteroatoms. The lowest BCUT2D eigenvalue weighted by atomic mass is 10.0. The van der Waals surface area contributed by atoms with E-state index in [2.05, 4.69) is 53.2 Å². The molecule has 1 saturated heterocycles. The summed E-state index contributed by atoms with van der Waals surface area (Å²) in [6.45, 7) is 14.9. The first-order valence-electron chi connectivity index (χ1n) is 9.53. The summed E-state index contributed by atoms with van der Waals surface area (Å²) in [6.07, 6.45) is 2.58. The Morgan fingerprint density at radius 1 is 1.12 bits per heavy atom. The van der Waals surface area contributed by atoms with E-state index in [-0.39, 0.29) is 0 Å². The van der Waals surface area contributed by atoms with Gasteiger partial charge >= 0.3 is 0 Å². The van der Waals surface area contributed by atoms with E-state index in [9.17, 15) is 0 Å². The van der Waals surface area contributed by atoms with E-state index in [0.717, 1.165) is 45.2 Å². The van der Waals surface area contributed by atoms with Gasteiger partial charge in [-0.15, -0.1) is 0 Å². The molecule has 1 aliphatic rings. The minimum atomic E-state index is 0.315. The van der Waals surface area contributed by atoms with Gasteiger partial charge in [0.05, 0.1) is 6.10 Å². The molecule has 0 bridgehead atoms. The van der Waals surface area contributed by atoms with E-state index >= 15 is 0 Å². The van der Waals surface area contributed by atoms with Crippen molar-refractivity contribution in [1.29, 1.82) is 0 Å². The van der Waals surface area contributed by atoms with Crippen LogP contribution in [0.2, 0.25) is 0 Å². The van der Waals surface area contributed by atoms with Gasteiger partial charge in [0, 0.05) is 46.4 Å². The molecule has 2 N–H and O–H groups in total. The van der Waals surface area contributed by atoms with Crippen LogP contribution in [-0.2, 0) is 4.74 Å². The van der Waals surface area contributed by atoms with Crippen molar-refractivity contribution in [1.82, 2.24) is 20.4 Å². The molecule has 1 heterocycles. The number of likely N-dealkylation sites (N-methyl/N-ethyl adjacent to an activating group) is 1. The number of rotatable bonds is 9. The van der Waals surface area contributed by atoms with Crippen LogP contribution in [0.1, 0.15) is 33.6 Å². The van der Waals surface area contributed by atoms with Crippen LogP contribution < -0.4 is 10.6 Å². The molecule has 1 fully saturated rings. The first kappa shape index (κ1) is 21.2. The Morgan fingerprint density at radius 2 is 1.88 bits per heavy atom. The number of guanidine groups is 1. The van der Waals surface area contributed by atoms with Crippen LogP contribution in [-0.4, -0.2) is 88.4 Å². The monoisotopic (exact) mass is 341 g/mol. The smallest absolute Gasteiger partial charge is 0.191 e. The molecule has 1 rings (SSSR count). The van der Waals surface area contributed by atoms with Crippen molar-refractivity contribution in [3.63, 3.8) is 0 Å². The zero-order valence-corrected chi connectivity index (χ0v) is 16.5. The van der Waals surface area contributed by atoms with Crippen molar-refractivity contribution in [2.75, 3.05) is 66.5 Å². The Kier molecular flexibility index (Phi) is 11.0. The van der Waals surface area contributed by atoms with Crippen LogP contribution in [0.3, 0.4) is 0 Å². The number of nitrogens with one attached hydrogen (secondary N) is 2. The van der Waals surface area contributed by atoms with E-state index in [4.69, 9.17) is 4.74 Å². The maximum absolute atomic E-state index is 5.79. The van der Waals surface area contributed by atoms with Crippen molar-refractivity contribution in [2.45, 2.75) is 39.7 Å². The fourth-order valence-electron chi connectivity index (χ4n) is 3.03. The molecule has 6 nitrogen and oxygen atoms in total. The Bertz CT molecular complexity index is 348. The fourth-order valence-corrected chi connectivity index (χ4v) is 3.03. The second-order valence-electron chi connectivity index (χ2n) is 6.95. The highest BCUT2D eigenvalue weighted by Gasteiger charge is 2.13. The Hall–Kier alpha value is -0.850. The summed E-state index contributed by atoms with van der Waals surface area (Å²) in [4.78, 5) is 9.27. The van der Waals surface area contributed by atoms with Gasteiger partial charge in [-0.05, 0) is 45.8 Å². The van der Waals surface area contributed by atoms with Crippen molar-refractivity contribution in [3.05, 3.63) is 0 Å². The van der Waals surface area contributed by atoms with E-state index in [1.165, 1.54) is 26.1 Å². The standard InChI is InChI=1S/C18H39N5O/c1-6-24-17(16(2)3)8-9-20-18(19-4)21-10-13-23-12-7-11-22(5)14-15-23/h16-17H,6-15H2,1-5H3,(H2,19,20,21). The van der Waals surface area contributed by atoms with Crippen molar-refractivity contribution >= 4 is 5.96 Å². The van der Waals surface area contributed by atoms with Crippen LogP contribution in [0.15, 0.2) is 4.99 Å². The predicted molar refractivity (Wildman–Crippen MR) is 103 cm³/mol. The normalized spacial score (nSPS) is 19.3. The van der Waals surface area contributed by atoms with Crippen LogP contribution in [0, 0.1) is 5.92 Å². The molecule has 0 aliphatic carbocycles. The summed E-state index contributed by atoms with van der Waals surface area (Å²) >= 11 is 0. The molecule has 142 valence electrons. The Balaban J connectivity index is 2.20. The number of ether oxygens (including phenoxy) is 1. The van der Waals surface area contributed by atoms with Crippen molar-refractivity contribution < 1.29 is 4.74 Å². The summed E-state index contributed by atoms with van der Waals surface area (Å²) in [6, 6.07) is 0. The van der Waals surface area contributed by atoms with E-state index in [1.54, 1.807) is 0 Å². The minimum absolute atomic E-state index is 0.315. The van der Waals surface area contributed by atoms with E-state index in [0.29, 0.717) is 12.0 Å². The van der Waals surface area contributed by atoms with Gasteiger partial charge in [-0.1, -0.05) is 13.8 Å². The second-order valence-corrected chi connectivity index (χ2v) is 6.95. The highest BCUT2D eigenvalue weighted by Crippen LogP contribution is 2.09. The van der Waals surface area contributed by atoms with Crippen LogP contribution in [0.25, 0.3) is 0 Å². The van der Waals surface area contributed by atoms with E-state index in [1.807, 2.05) is 7.05 Å². The first-order valence-corrected chi connectivity index (χ1v) is 9.53. The average molecular weight is 342 g/mol. The molecule has 1 unspecified atom stereocenters. The van der Waals surface area contributed by atoms with Gasteiger partial charge in [-0.25, -0.2) is 0 Å². The summed E-state index contributed by atoms with van der Waals surface area (Å²) < 4.78 is 5.79. The molecule has 0 spiro atoms. The van der Waals surface area contributed by atoms with Crippen LogP contribution in [0.5, 0.6) is 0 Å². The lowest BCUT2D eigenvalue weighted by Crippen LogP contribution is -2.43. The number of nitrogens with zero attached hydrogens (tertiary/aromatic N) is 3. The van der Waals surface area contributed by atoms with Gasteiger partial charge in [0.15, 0.2) is 5.96 Å². The van der Waals surface area contributed by atoms with Gasteiger partial charge in [0.1, 0.15) is 0 Å². The zero-order valence-electron chi connectivity index (χ0n) is 16.5. The quantitative estimate of drug-likeness (QED) is 0.488. The fraction of sp³-hybridized carbons (Fsp3) is 0.944. The lowest BCUT2D eigenvalue weighted by Gasteiger charge is -2.22. The number of hydrogen-bond donors (Lipinski definition) is 2.